The minimum atomic E-state index is 0.128. The maximum atomic E-state index is 6.48. The molecule has 0 spiro atoms. The maximum absolute atomic E-state index is 6.48. The van der Waals surface area contributed by atoms with Crippen molar-refractivity contribution in [3.05, 3.63) is 58.1 Å². The Balaban J connectivity index is 2.63. The predicted octanol–water partition coefficient (Wildman–Crippen LogP) is 6.74. The van der Waals surface area contributed by atoms with Gasteiger partial charge in [0.2, 0.25) is 0 Å². The molecular formula is C20H25Cl. The second kappa shape index (κ2) is 5.85. The fourth-order valence-corrected chi connectivity index (χ4v) is 2.71. The number of hydrogen-bond donors (Lipinski definition) is 0. The molecule has 21 heavy (non-hydrogen) atoms. The van der Waals surface area contributed by atoms with E-state index in [-0.39, 0.29) is 5.41 Å². The summed E-state index contributed by atoms with van der Waals surface area (Å²) in [6.45, 7) is 13.3. The Bertz CT molecular complexity index is 645. The Morgan fingerprint density at radius 1 is 0.905 bits per heavy atom. The molecule has 0 saturated heterocycles. The van der Waals surface area contributed by atoms with E-state index in [1.807, 2.05) is 6.07 Å². The van der Waals surface area contributed by atoms with Gasteiger partial charge < -0.3 is 0 Å². The number of aryl methyl sites for hydroxylation is 1. The van der Waals surface area contributed by atoms with Crippen molar-refractivity contribution in [2.24, 2.45) is 0 Å². The van der Waals surface area contributed by atoms with Gasteiger partial charge in [0, 0.05) is 10.6 Å². The van der Waals surface area contributed by atoms with Crippen LogP contribution in [0, 0.1) is 6.92 Å². The van der Waals surface area contributed by atoms with E-state index in [4.69, 9.17) is 11.6 Å². The van der Waals surface area contributed by atoms with Crippen LogP contribution >= 0.6 is 11.6 Å². The SMILES string of the molecule is Cc1ccc(C(C)C)cc1-c1cc(C(C)(C)C)ccc1Cl. The molecule has 0 saturated carbocycles. The third-order valence-corrected chi connectivity index (χ3v) is 4.38. The number of benzene rings is 2. The monoisotopic (exact) mass is 300 g/mol. The summed E-state index contributed by atoms with van der Waals surface area (Å²) < 4.78 is 0. The van der Waals surface area contributed by atoms with Crippen molar-refractivity contribution < 1.29 is 0 Å². The molecule has 112 valence electrons. The summed E-state index contributed by atoms with van der Waals surface area (Å²) in [5.41, 5.74) is 6.46. The molecule has 2 aromatic carbocycles. The van der Waals surface area contributed by atoms with Gasteiger partial charge >= 0.3 is 0 Å². The standard InChI is InChI=1S/C20H25Cl/c1-13(2)15-8-7-14(3)17(11-15)18-12-16(20(4,5)6)9-10-19(18)21/h7-13H,1-6H3. The van der Waals surface area contributed by atoms with E-state index in [1.54, 1.807) is 0 Å². The molecule has 1 heteroatoms. The summed E-state index contributed by atoms with van der Waals surface area (Å²) in [5.74, 6) is 0.522. The molecule has 0 bridgehead atoms. The average molecular weight is 301 g/mol. The molecule has 0 atom stereocenters. The molecule has 0 aliphatic heterocycles. The van der Waals surface area contributed by atoms with Gasteiger partial charge in [-0.3, -0.25) is 0 Å². The lowest BCUT2D eigenvalue weighted by atomic mass is 9.84. The molecule has 0 N–H and O–H groups in total. The number of halogens is 1. The Hall–Kier alpha value is -1.27. The lowest BCUT2D eigenvalue weighted by Gasteiger charge is -2.21. The van der Waals surface area contributed by atoms with Gasteiger partial charge in [0.15, 0.2) is 0 Å². The average Bonchev–Trinajstić information content (AvgIpc) is 2.38. The molecule has 2 rings (SSSR count). The predicted molar refractivity (Wildman–Crippen MR) is 94.4 cm³/mol. The van der Waals surface area contributed by atoms with Crippen molar-refractivity contribution in [2.75, 3.05) is 0 Å². The smallest absolute Gasteiger partial charge is 0.0484 e. The third kappa shape index (κ3) is 3.49. The van der Waals surface area contributed by atoms with Crippen LogP contribution in [0.5, 0.6) is 0 Å². The lowest BCUT2D eigenvalue weighted by molar-refractivity contribution is 0.590. The molecule has 0 nitrogen and oxygen atoms in total. The quantitative estimate of drug-likeness (QED) is 0.576. The van der Waals surface area contributed by atoms with Crippen molar-refractivity contribution in [1.82, 2.24) is 0 Å². The van der Waals surface area contributed by atoms with Gasteiger partial charge in [0.05, 0.1) is 0 Å². The fourth-order valence-electron chi connectivity index (χ4n) is 2.49. The fraction of sp³-hybridized carbons (Fsp3) is 0.400. The van der Waals surface area contributed by atoms with Gasteiger partial charge in [-0.15, -0.1) is 0 Å². The minimum absolute atomic E-state index is 0.128. The second-order valence-corrected chi connectivity index (χ2v) is 7.58. The van der Waals surface area contributed by atoms with Crippen molar-refractivity contribution in [1.29, 1.82) is 0 Å². The molecular weight excluding hydrogens is 276 g/mol. The van der Waals surface area contributed by atoms with Crippen molar-refractivity contribution >= 4 is 11.6 Å². The Kier molecular flexibility index (Phi) is 4.49. The van der Waals surface area contributed by atoms with Gasteiger partial charge in [0.1, 0.15) is 0 Å². The van der Waals surface area contributed by atoms with Crippen molar-refractivity contribution in [2.45, 2.75) is 52.9 Å². The van der Waals surface area contributed by atoms with Crippen molar-refractivity contribution in [3.8, 4) is 11.1 Å². The summed E-state index contributed by atoms with van der Waals surface area (Å²) in [4.78, 5) is 0. The normalized spacial score (nSPS) is 12.0. The molecule has 0 aliphatic carbocycles. The summed E-state index contributed by atoms with van der Waals surface area (Å²) in [7, 11) is 0. The van der Waals surface area contributed by atoms with E-state index in [0.717, 1.165) is 10.6 Å². The molecule has 0 aromatic heterocycles. The van der Waals surface area contributed by atoms with Crippen LogP contribution in [0.4, 0.5) is 0 Å². The summed E-state index contributed by atoms with van der Waals surface area (Å²) in [6, 6.07) is 13.1. The first kappa shape index (κ1) is 16.1. The molecule has 0 amide bonds. The summed E-state index contributed by atoms with van der Waals surface area (Å²) in [6.07, 6.45) is 0. The Morgan fingerprint density at radius 3 is 2.14 bits per heavy atom. The van der Waals surface area contributed by atoms with E-state index in [0.29, 0.717) is 5.92 Å². The second-order valence-electron chi connectivity index (χ2n) is 7.17. The van der Waals surface area contributed by atoms with Gasteiger partial charge in [0.25, 0.3) is 0 Å². The van der Waals surface area contributed by atoms with Crippen molar-refractivity contribution in [3.63, 3.8) is 0 Å². The first-order valence-corrected chi connectivity index (χ1v) is 7.99. The molecule has 0 aliphatic rings. The maximum Gasteiger partial charge on any atom is 0.0484 e. The first-order valence-electron chi connectivity index (χ1n) is 7.61. The highest BCUT2D eigenvalue weighted by atomic mass is 35.5. The van der Waals surface area contributed by atoms with Gasteiger partial charge in [-0.1, -0.05) is 70.5 Å². The molecule has 0 unspecified atom stereocenters. The van der Waals surface area contributed by atoms with E-state index in [9.17, 15) is 0 Å². The van der Waals surface area contributed by atoms with Crippen LogP contribution in [-0.2, 0) is 5.41 Å². The Morgan fingerprint density at radius 2 is 1.57 bits per heavy atom. The zero-order chi connectivity index (χ0) is 15.8. The van der Waals surface area contributed by atoms with E-state index in [2.05, 4.69) is 71.9 Å². The van der Waals surface area contributed by atoms with Crippen LogP contribution in [0.25, 0.3) is 11.1 Å². The molecule has 0 radical (unpaired) electrons. The van der Waals surface area contributed by atoms with Crippen LogP contribution in [0.1, 0.15) is 57.2 Å². The Labute approximate surface area is 134 Å². The first-order chi connectivity index (χ1) is 9.70. The van der Waals surface area contributed by atoms with Gasteiger partial charge in [-0.05, 0) is 52.6 Å². The molecule has 2 aromatic rings. The molecule has 0 fully saturated rings. The zero-order valence-electron chi connectivity index (χ0n) is 13.9. The van der Waals surface area contributed by atoms with Crippen LogP contribution in [0.15, 0.2) is 36.4 Å². The third-order valence-electron chi connectivity index (χ3n) is 4.05. The van der Waals surface area contributed by atoms with E-state index < -0.39 is 0 Å². The largest absolute Gasteiger partial charge is 0.0837 e. The molecule has 0 heterocycles. The highest BCUT2D eigenvalue weighted by molar-refractivity contribution is 6.33. The number of rotatable bonds is 2. The van der Waals surface area contributed by atoms with Crippen LogP contribution in [0.2, 0.25) is 5.02 Å². The van der Waals surface area contributed by atoms with E-state index >= 15 is 0 Å². The summed E-state index contributed by atoms with van der Waals surface area (Å²) >= 11 is 6.48. The van der Waals surface area contributed by atoms with Gasteiger partial charge in [-0.2, -0.15) is 0 Å². The topological polar surface area (TPSA) is 0 Å². The van der Waals surface area contributed by atoms with Crippen LogP contribution in [-0.4, -0.2) is 0 Å². The van der Waals surface area contributed by atoms with E-state index in [1.165, 1.54) is 22.3 Å². The number of hydrogen-bond acceptors (Lipinski definition) is 0. The van der Waals surface area contributed by atoms with Crippen LogP contribution < -0.4 is 0 Å². The highest BCUT2D eigenvalue weighted by Crippen LogP contribution is 2.35. The highest BCUT2D eigenvalue weighted by Gasteiger charge is 2.17. The lowest BCUT2D eigenvalue weighted by Crippen LogP contribution is -2.11. The minimum Gasteiger partial charge on any atom is -0.0837 e. The zero-order valence-corrected chi connectivity index (χ0v) is 14.7. The van der Waals surface area contributed by atoms with Crippen LogP contribution in [0.3, 0.4) is 0 Å². The summed E-state index contributed by atoms with van der Waals surface area (Å²) in [5, 5.41) is 0.826. The van der Waals surface area contributed by atoms with Gasteiger partial charge in [-0.25, -0.2) is 0 Å².